The van der Waals surface area contributed by atoms with Gasteiger partial charge in [0.15, 0.2) is 0 Å². The number of hydrogen-bond acceptors (Lipinski definition) is 8. The number of rotatable bonds is 2. The Kier molecular flexibility index (Phi) is 5.75. The maximum atomic E-state index is 5.75. The molecule has 0 saturated carbocycles. The van der Waals surface area contributed by atoms with Crippen LogP contribution in [-0.2, 0) is 0 Å². The average molecular weight is 483 g/mol. The second-order valence-corrected chi connectivity index (χ2v) is 9.80. The van der Waals surface area contributed by atoms with Crippen molar-refractivity contribution in [3.05, 3.63) is 84.9 Å². The highest BCUT2D eigenvalue weighted by atomic mass is 32.1. The van der Waals surface area contributed by atoms with Crippen molar-refractivity contribution in [2.75, 3.05) is 22.9 Å². The van der Waals surface area contributed by atoms with Gasteiger partial charge in [-0.25, -0.2) is 9.97 Å². The van der Waals surface area contributed by atoms with Gasteiger partial charge in [-0.15, -0.1) is 22.7 Å². The van der Waals surface area contributed by atoms with Crippen LogP contribution >= 0.6 is 22.7 Å². The van der Waals surface area contributed by atoms with E-state index >= 15 is 0 Å². The number of hydrogen-bond donors (Lipinski definition) is 4. The van der Waals surface area contributed by atoms with E-state index in [1.807, 2.05) is 84.9 Å². The molecule has 4 aromatic carbocycles. The molecule has 0 unspecified atom stereocenters. The highest BCUT2D eigenvalue weighted by Gasteiger charge is 2.07. The monoisotopic (exact) mass is 482 g/mol. The number of anilines is 4. The van der Waals surface area contributed by atoms with Crippen LogP contribution in [0.3, 0.4) is 0 Å². The first-order chi connectivity index (χ1) is 16.4. The lowest BCUT2D eigenvalue weighted by Crippen LogP contribution is -1.83. The van der Waals surface area contributed by atoms with Gasteiger partial charge in [0.25, 0.3) is 0 Å². The van der Waals surface area contributed by atoms with Crippen LogP contribution in [0.5, 0.6) is 0 Å². The molecule has 0 bridgehead atoms. The fraction of sp³-hybridized carbons (Fsp3) is 0. The quantitative estimate of drug-likeness (QED) is 0.216. The van der Waals surface area contributed by atoms with Crippen molar-refractivity contribution >= 4 is 65.9 Å². The Balaban J connectivity index is 0.000000142. The predicted molar refractivity (Wildman–Crippen MR) is 148 cm³/mol. The first-order valence-corrected chi connectivity index (χ1v) is 12.1. The Bertz CT molecular complexity index is 1460. The fourth-order valence-corrected chi connectivity index (χ4v) is 5.35. The predicted octanol–water partition coefficient (Wildman–Crippen LogP) is 6.26. The summed E-state index contributed by atoms with van der Waals surface area (Å²) in [4.78, 5) is 9.15. The van der Waals surface area contributed by atoms with E-state index in [0.29, 0.717) is 0 Å². The third-order valence-electron chi connectivity index (χ3n) is 5.14. The van der Waals surface area contributed by atoms with Crippen molar-refractivity contribution in [2.24, 2.45) is 0 Å². The molecule has 0 spiro atoms. The third-order valence-corrected chi connectivity index (χ3v) is 7.29. The van der Waals surface area contributed by atoms with E-state index in [1.54, 1.807) is 22.7 Å². The second kappa shape index (κ2) is 9.01. The van der Waals surface area contributed by atoms with Gasteiger partial charge in [0.1, 0.15) is 10.0 Å². The lowest BCUT2D eigenvalue weighted by Gasteiger charge is -1.95. The number of nitrogens with zero attached hydrogens (tertiary/aromatic N) is 2. The van der Waals surface area contributed by atoms with Crippen molar-refractivity contribution < 1.29 is 0 Å². The molecular formula is C26H22N6S2. The van der Waals surface area contributed by atoms with E-state index < -0.39 is 0 Å². The number of fused-ring (bicyclic) bond motifs is 2. The third kappa shape index (κ3) is 4.63. The molecule has 0 saturated heterocycles. The zero-order valence-electron chi connectivity index (χ0n) is 18.1. The van der Waals surface area contributed by atoms with E-state index in [0.717, 1.165) is 64.3 Å². The molecule has 168 valence electrons. The van der Waals surface area contributed by atoms with Gasteiger partial charge in [-0.3, -0.25) is 0 Å². The molecule has 2 aromatic heterocycles. The van der Waals surface area contributed by atoms with E-state index in [-0.39, 0.29) is 0 Å². The van der Waals surface area contributed by atoms with Crippen LogP contribution in [0.1, 0.15) is 0 Å². The Labute approximate surface area is 204 Å². The average Bonchev–Trinajstić information content (AvgIpc) is 3.44. The summed E-state index contributed by atoms with van der Waals surface area (Å²) in [5.41, 5.74) is 30.0. The molecular weight excluding hydrogens is 460 g/mol. The minimum absolute atomic E-state index is 0.742. The van der Waals surface area contributed by atoms with E-state index in [2.05, 4.69) is 9.97 Å². The molecule has 34 heavy (non-hydrogen) atoms. The number of nitrogens with two attached hydrogens (primary N) is 4. The summed E-state index contributed by atoms with van der Waals surface area (Å²) in [6, 6.07) is 27.0. The summed E-state index contributed by atoms with van der Waals surface area (Å²) in [7, 11) is 0. The van der Waals surface area contributed by atoms with E-state index in [4.69, 9.17) is 22.9 Å². The van der Waals surface area contributed by atoms with Gasteiger partial charge in [-0.2, -0.15) is 0 Å². The van der Waals surface area contributed by atoms with Crippen LogP contribution in [0.25, 0.3) is 41.6 Å². The molecule has 0 aliphatic rings. The molecule has 8 heteroatoms. The van der Waals surface area contributed by atoms with Crippen LogP contribution in [-0.4, -0.2) is 9.97 Å². The van der Waals surface area contributed by atoms with Crippen LogP contribution in [0.4, 0.5) is 22.7 Å². The summed E-state index contributed by atoms with van der Waals surface area (Å²) >= 11 is 3.30. The van der Waals surface area contributed by atoms with E-state index in [9.17, 15) is 0 Å². The van der Waals surface area contributed by atoms with Crippen LogP contribution < -0.4 is 22.9 Å². The summed E-state index contributed by atoms with van der Waals surface area (Å²) in [5, 5.41) is 1.98. The van der Waals surface area contributed by atoms with Crippen molar-refractivity contribution in [1.29, 1.82) is 0 Å². The van der Waals surface area contributed by atoms with Crippen molar-refractivity contribution in [1.82, 2.24) is 9.97 Å². The first-order valence-electron chi connectivity index (χ1n) is 10.5. The zero-order valence-corrected chi connectivity index (χ0v) is 19.7. The standard InChI is InChI=1S/2C13H11N3S/c14-9-3-1-8(2-4-9)13-16-11-7-10(15)5-6-12(11)17-13;14-9-3-1-8(2-4-9)13-16-11-6-5-10(15)7-12(11)17-13/h2*1-7H,14-15H2. The molecule has 0 aliphatic heterocycles. The molecule has 6 nitrogen and oxygen atoms in total. The van der Waals surface area contributed by atoms with Gasteiger partial charge in [0.05, 0.1) is 20.4 Å². The molecule has 6 rings (SSSR count). The van der Waals surface area contributed by atoms with Gasteiger partial charge in [-0.1, -0.05) is 0 Å². The van der Waals surface area contributed by atoms with Gasteiger partial charge in [-0.05, 0) is 84.9 Å². The summed E-state index contributed by atoms with van der Waals surface area (Å²) in [6.07, 6.45) is 0. The number of thiazole rings is 2. The molecule has 0 amide bonds. The summed E-state index contributed by atoms with van der Waals surface area (Å²) in [6.45, 7) is 0. The highest BCUT2D eigenvalue weighted by Crippen LogP contribution is 2.32. The van der Waals surface area contributed by atoms with Gasteiger partial charge in [0.2, 0.25) is 0 Å². The van der Waals surface area contributed by atoms with Crippen molar-refractivity contribution in [3.8, 4) is 21.1 Å². The molecule has 6 aromatic rings. The van der Waals surface area contributed by atoms with Crippen LogP contribution in [0.15, 0.2) is 84.9 Å². The smallest absolute Gasteiger partial charge is 0.124 e. The molecule has 2 heterocycles. The Morgan fingerprint density at radius 1 is 0.441 bits per heavy atom. The Morgan fingerprint density at radius 2 is 0.912 bits per heavy atom. The van der Waals surface area contributed by atoms with Crippen molar-refractivity contribution in [2.45, 2.75) is 0 Å². The van der Waals surface area contributed by atoms with Crippen LogP contribution in [0, 0.1) is 0 Å². The maximum Gasteiger partial charge on any atom is 0.124 e. The van der Waals surface area contributed by atoms with Gasteiger partial charge < -0.3 is 22.9 Å². The number of nitrogen functional groups attached to an aromatic ring is 4. The normalized spacial score (nSPS) is 10.8. The molecule has 8 N–H and O–H groups in total. The minimum Gasteiger partial charge on any atom is -0.399 e. The largest absolute Gasteiger partial charge is 0.399 e. The number of aromatic nitrogens is 2. The lowest BCUT2D eigenvalue weighted by molar-refractivity contribution is 1.48. The molecule has 0 radical (unpaired) electrons. The summed E-state index contributed by atoms with van der Waals surface area (Å²) in [5.74, 6) is 0. The SMILES string of the molecule is Nc1ccc(-c2nc3cc(N)ccc3s2)cc1.Nc1ccc(-c2nc3ccc(N)cc3s2)cc1. The Hall–Kier alpha value is -4.14. The molecule has 0 atom stereocenters. The minimum atomic E-state index is 0.742. The second-order valence-electron chi connectivity index (χ2n) is 7.74. The molecule has 0 aliphatic carbocycles. The fourth-order valence-electron chi connectivity index (χ4n) is 3.38. The Morgan fingerprint density at radius 3 is 1.53 bits per heavy atom. The zero-order chi connectivity index (χ0) is 23.7. The topological polar surface area (TPSA) is 130 Å². The number of benzene rings is 4. The summed E-state index contributed by atoms with van der Waals surface area (Å²) < 4.78 is 2.25. The van der Waals surface area contributed by atoms with E-state index in [1.165, 1.54) is 0 Å². The highest BCUT2D eigenvalue weighted by molar-refractivity contribution is 7.22. The van der Waals surface area contributed by atoms with Crippen molar-refractivity contribution in [3.63, 3.8) is 0 Å². The van der Waals surface area contributed by atoms with Gasteiger partial charge in [0, 0.05) is 33.9 Å². The molecule has 0 fully saturated rings. The first kappa shape index (κ1) is 21.7. The van der Waals surface area contributed by atoms with Gasteiger partial charge >= 0.3 is 0 Å². The lowest BCUT2D eigenvalue weighted by atomic mass is 10.2. The van der Waals surface area contributed by atoms with Crippen LogP contribution in [0.2, 0.25) is 0 Å². The maximum absolute atomic E-state index is 5.75.